The van der Waals surface area contributed by atoms with Gasteiger partial charge in [-0.15, -0.1) is 11.3 Å². The van der Waals surface area contributed by atoms with Crippen LogP contribution in [0.25, 0.3) is 10.6 Å². The maximum atomic E-state index is 14.0. The number of aromatic amines is 1. The molecule has 0 aliphatic heterocycles. The van der Waals surface area contributed by atoms with E-state index < -0.39 is 11.4 Å². The number of nitrogens with zero attached hydrogens (tertiary/aromatic N) is 2. The molecular weight excluding hydrogens is 373 g/mol. The Morgan fingerprint density at radius 3 is 2.88 bits per heavy atom. The van der Waals surface area contributed by atoms with Gasteiger partial charge < -0.3 is 9.72 Å². The Morgan fingerprint density at radius 2 is 2.27 bits per heavy atom. The number of hydrogen-bond acceptors (Lipinski definition) is 6. The highest BCUT2D eigenvalue weighted by atomic mass is 32.2. The lowest BCUT2D eigenvalue weighted by molar-refractivity contribution is 0.383. The lowest BCUT2D eigenvalue weighted by Crippen LogP contribution is -2.14. The molecule has 0 aliphatic carbocycles. The minimum Gasteiger partial charge on any atom is -0.493 e. The smallest absolute Gasteiger partial charge is 0.270 e. The molecule has 0 saturated carbocycles. The van der Waals surface area contributed by atoms with Crippen molar-refractivity contribution in [3.8, 4) is 22.4 Å². The fourth-order valence-corrected chi connectivity index (χ4v) is 4.02. The normalized spacial score (nSPS) is 10.5. The number of hydrogen-bond donors (Lipinski definition) is 1. The Hall–Kier alpha value is -2.63. The molecule has 5 nitrogen and oxygen atoms in total. The summed E-state index contributed by atoms with van der Waals surface area (Å²) in [5.41, 5.74) is 1.32. The molecule has 1 N–H and O–H groups in total. The van der Waals surface area contributed by atoms with Crippen LogP contribution >= 0.6 is 23.1 Å². The van der Waals surface area contributed by atoms with Crippen molar-refractivity contribution in [2.45, 2.75) is 17.8 Å². The number of aryl methyl sites for hydroxylation is 1. The van der Waals surface area contributed by atoms with Gasteiger partial charge in [0.1, 0.15) is 17.3 Å². The summed E-state index contributed by atoms with van der Waals surface area (Å²) in [4.78, 5) is 20.0. The van der Waals surface area contributed by atoms with Gasteiger partial charge in [-0.3, -0.25) is 4.79 Å². The Labute approximate surface area is 157 Å². The van der Waals surface area contributed by atoms with Crippen LogP contribution in [0.5, 0.6) is 5.75 Å². The highest BCUT2D eigenvalue weighted by Crippen LogP contribution is 2.29. The van der Waals surface area contributed by atoms with Crippen LogP contribution in [0, 0.1) is 24.1 Å². The summed E-state index contributed by atoms with van der Waals surface area (Å²) < 4.78 is 19.0. The lowest BCUT2D eigenvalue weighted by atomic mass is 10.1. The Kier molecular flexibility index (Phi) is 5.40. The molecule has 0 radical (unpaired) electrons. The van der Waals surface area contributed by atoms with E-state index in [1.807, 2.05) is 29.6 Å². The fourth-order valence-electron chi connectivity index (χ4n) is 2.51. The summed E-state index contributed by atoms with van der Waals surface area (Å²) in [7, 11) is 1.43. The minimum atomic E-state index is -0.481. The molecule has 26 heavy (non-hydrogen) atoms. The third-order valence-electron chi connectivity index (χ3n) is 3.63. The molecule has 0 fully saturated rings. The fraction of sp³-hybridized carbons (Fsp3) is 0.167. The largest absolute Gasteiger partial charge is 0.493 e. The number of H-pyrrole nitrogens is 1. The molecule has 3 rings (SSSR count). The number of halogens is 1. The number of thiophene rings is 1. The van der Waals surface area contributed by atoms with Gasteiger partial charge in [0.25, 0.3) is 5.56 Å². The summed E-state index contributed by atoms with van der Waals surface area (Å²) in [6.07, 6.45) is 0. The molecule has 1 aromatic carbocycles. The molecule has 0 saturated heterocycles. The molecular formula is C18H14FN3O2S2. The topological polar surface area (TPSA) is 78.8 Å². The Balaban J connectivity index is 1.90. The second-order valence-corrected chi connectivity index (χ2v) is 7.31. The van der Waals surface area contributed by atoms with E-state index in [1.54, 1.807) is 6.92 Å². The van der Waals surface area contributed by atoms with Crippen LogP contribution in [-0.2, 0) is 5.75 Å². The van der Waals surface area contributed by atoms with Gasteiger partial charge in [-0.1, -0.05) is 23.9 Å². The number of methoxy groups -OCH3 is 1. The van der Waals surface area contributed by atoms with Gasteiger partial charge in [0.2, 0.25) is 0 Å². The summed E-state index contributed by atoms with van der Waals surface area (Å²) >= 11 is 2.68. The molecule has 8 heteroatoms. The summed E-state index contributed by atoms with van der Waals surface area (Å²) in [5, 5.41) is 11.5. The van der Waals surface area contributed by atoms with Crippen molar-refractivity contribution in [3.05, 3.63) is 62.5 Å². The van der Waals surface area contributed by atoms with Gasteiger partial charge in [0.15, 0.2) is 16.7 Å². The van der Waals surface area contributed by atoms with Crippen molar-refractivity contribution >= 4 is 23.1 Å². The number of rotatable bonds is 5. The monoisotopic (exact) mass is 387 g/mol. The maximum absolute atomic E-state index is 14.0. The average molecular weight is 387 g/mol. The van der Waals surface area contributed by atoms with Crippen molar-refractivity contribution in [1.29, 1.82) is 5.26 Å². The third kappa shape index (κ3) is 3.64. The number of benzene rings is 1. The van der Waals surface area contributed by atoms with Crippen molar-refractivity contribution < 1.29 is 9.13 Å². The summed E-state index contributed by atoms with van der Waals surface area (Å²) in [5.74, 6) is 0.216. The van der Waals surface area contributed by atoms with Crippen LogP contribution in [-0.4, -0.2) is 17.1 Å². The predicted octanol–water partition coefficient (Wildman–Crippen LogP) is 4.12. The second-order valence-electron chi connectivity index (χ2n) is 5.40. The quantitative estimate of drug-likeness (QED) is 0.526. The Bertz CT molecular complexity index is 1020. The molecule has 0 amide bonds. The Morgan fingerprint density at radius 1 is 1.46 bits per heavy atom. The molecule has 0 spiro atoms. The highest BCUT2D eigenvalue weighted by Gasteiger charge is 2.15. The van der Waals surface area contributed by atoms with Crippen molar-refractivity contribution in [1.82, 2.24) is 9.97 Å². The van der Waals surface area contributed by atoms with Gasteiger partial charge in [0.05, 0.1) is 12.0 Å². The zero-order valence-corrected chi connectivity index (χ0v) is 15.6. The van der Waals surface area contributed by atoms with Gasteiger partial charge in [-0.2, -0.15) is 5.26 Å². The van der Waals surface area contributed by atoms with Crippen molar-refractivity contribution in [2.24, 2.45) is 0 Å². The molecule has 3 aromatic rings. The van der Waals surface area contributed by atoms with Crippen LogP contribution < -0.4 is 10.3 Å². The number of ether oxygens (including phenoxy) is 1. The molecule has 0 unspecified atom stereocenters. The van der Waals surface area contributed by atoms with E-state index >= 15 is 0 Å². The molecule has 2 heterocycles. The van der Waals surface area contributed by atoms with Crippen LogP contribution in [0.1, 0.15) is 16.7 Å². The molecule has 0 aliphatic rings. The standard InChI is InChI=1S/C18H14FN3O2S2/c1-10-6-11(7-13(19)16(10)24-2)9-26-18-21-15(14-4-3-5-25-14)12(8-20)17(23)22-18/h3-7H,9H2,1-2H3,(H,21,22,23). The van der Waals surface area contributed by atoms with E-state index in [1.165, 1.54) is 36.3 Å². The van der Waals surface area contributed by atoms with E-state index in [0.717, 1.165) is 10.4 Å². The first-order valence-corrected chi connectivity index (χ1v) is 9.44. The van der Waals surface area contributed by atoms with Gasteiger partial charge in [-0.05, 0) is 35.6 Å². The second kappa shape index (κ2) is 7.72. The number of thioether (sulfide) groups is 1. The van der Waals surface area contributed by atoms with Crippen LogP contribution in [0.3, 0.4) is 0 Å². The zero-order valence-electron chi connectivity index (χ0n) is 14.0. The minimum absolute atomic E-state index is 0.0110. The summed E-state index contributed by atoms with van der Waals surface area (Å²) in [6, 6.07) is 8.78. The first kappa shape index (κ1) is 18.2. The maximum Gasteiger partial charge on any atom is 0.270 e. The SMILES string of the molecule is COc1c(C)cc(CSc2nc(-c3cccs3)c(C#N)c(=O)[nH]2)cc1F. The predicted molar refractivity (Wildman–Crippen MR) is 100 cm³/mol. The summed E-state index contributed by atoms with van der Waals surface area (Å²) in [6.45, 7) is 1.77. The molecule has 132 valence electrons. The van der Waals surface area contributed by atoms with Crippen LogP contribution in [0.2, 0.25) is 0 Å². The van der Waals surface area contributed by atoms with E-state index in [-0.39, 0.29) is 11.3 Å². The number of nitrogens with one attached hydrogen (secondary N) is 1. The lowest BCUT2D eigenvalue weighted by Gasteiger charge is -2.09. The molecule has 0 atom stereocenters. The molecule has 0 bridgehead atoms. The van der Waals surface area contributed by atoms with Gasteiger partial charge in [-0.25, -0.2) is 9.37 Å². The first-order chi connectivity index (χ1) is 12.5. The number of aromatic nitrogens is 2. The van der Waals surface area contributed by atoms with Crippen LogP contribution in [0.15, 0.2) is 39.6 Å². The first-order valence-electron chi connectivity index (χ1n) is 7.57. The van der Waals surface area contributed by atoms with E-state index in [9.17, 15) is 14.4 Å². The number of nitriles is 1. The van der Waals surface area contributed by atoms with E-state index in [0.29, 0.717) is 22.2 Å². The highest BCUT2D eigenvalue weighted by molar-refractivity contribution is 7.98. The van der Waals surface area contributed by atoms with Crippen molar-refractivity contribution in [3.63, 3.8) is 0 Å². The van der Waals surface area contributed by atoms with Gasteiger partial charge in [0, 0.05) is 5.75 Å². The van der Waals surface area contributed by atoms with Crippen LogP contribution in [0.4, 0.5) is 4.39 Å². The molecule has 2 aromatic heterocycles. The van der Waals surface area contributed by atoms with E-state index in [2.05, 4.69) is 9.97 Å². The zero-order chi connectivity index (χ0) is 18.7. The van der Waals surface area contributed by atoms with Crippen molar-refractivity contribution in [2.75, 3.05) is 7.11 Å². The average Bonchev–Trinajstić information content (AvgIpc) is 3.13. The van der Waals surface area contributed by atoms with E-state index in [4.69, 9.17) is 4.74 Å². The third-order valence-corrected chi connectivity index (χ3v) is 5.45. The van der Waals surface area contributed by atoms with Gasteiger partial charge >= 0.3 is 0 Å².